The molecule has 0 saturated heterocycles. The summed E-state index contributed by atoms with van der Waals surface area (Å²) in [5.74, 6) is -0.240. The van der Waals surface area contributed by atoms with Gasteiger partial charge in [-0.3, -0.25) is 9.36 Å². The molecule has 4 rings (SSSR count). The van der Waals surface area contributed by atoms with Crippen LogP contribution in [0.1, 0.15) is 37.9 Å². The number of allylic oxidation sites excluding steroid dienone is 1. The van der Waals surface area contributed by atoms with E-state index in [1.807, 2.05) is 37.3 Å². The zero-order valence-electron chi connectivity index (χ0n) is 18.9. The van der Waals surface area contributed by atoms with Crippen molar-refractivity contribution in [3.05, 3.63) is 89.0 Å². The number of hydrogen-bond donors (Lipinski definition) is 1. The van der Waals surface area contributed by atoms with Crippen molar-refractivity contribution in [3.63, 3.8) is 0 Å². The standard InChI is InChI=1S/C25H23BrN2O5S/c1-4-32-18-13-17(26)11-16(22(18)29)12-19-23(30)28-21(15-9-7-6-8-10-15)20(24(31)33-5-2)14(3)27-25(28)34-19/h6-13,21,29H,4-5H2,1-3H3/b19-12-/t21-/m0/s1. The van der Waals surface area contributed by atoms with Crippen LogP contribution in [-0.4, -0.2) is 28.9 Å². The molecule has 0 saturated carbocycles. The summed E-state index contributed by atoms with van der Waals surface area (Å²) in [6.45, 7) is 5.91. The van der Waals surface area contributed by atoms with Crippen molar-refractivity contribution in [3.8, 4) is 11.5 Å². The number of rotatable bonds is 6. The number of carbonyl (C=O) groups excluding carboxylic acids is 1. The van der Waals surface area contributed by atoms with Gasteiger partial charge < -0.3 is 14.6 Å². The van der Waals surface area contributed by atoms with Crippen molar-refractivity contribution in [2.75, 3.05) is 13.2 Å². The summed E-state index contributed by atoms with van der Waals surface area (Å²) in [5, 5.41) is 10.7. The van der Waals surface area contributed by atoms with E-state index in [0.717, 1.165) is 5.56 Å². The molecule has 7 nitrogen and oxygen atoms in total. The summed E-state index contributed by atoms with van der Waals surface area (Å²) in [4.78, 5) is 31.5. The van der Waals surface area contributed by atoms with Crippen molar-refractivity contribution in [1.82, 2.24) is 4.57 Å². The highest BCUT2D eigenvalue weighted by atomic mass is 79.9. The van der Waals surface area contributed by atoms with Gasteiger partial charge in [0.05, 0.1) is 35.1 Å². The van der Waals surface area contributed by atoms with Gasteiger partial charge in [-0.2, -0.15) is 0 Å². The van der Waals surface area contributed by atoms with Gasteiger partial charge in [0.15, 0.2) is 16.3 Å². The number of carbonyl (C=O) groups is 1. The number of benzene rings is 2. The first kappa shape index (κ1) is 24.0. The molecule has 34 heavy (non-hydrogen) atoms. The predicted molar refractivity (Wildman–Crippen MR) is 134 cm³/mol. The minimum atomic E-state index is -0.672. The quantitative estimate of drug-likeness (QED) is 0.480. The minimum Gasteiger partial charge on any atom is -0.504 e. The SMILES string of the molecule is CCOC(=O)C1=C(C)N=c2s/c(=C\c3cc(Br)cc(OCC)c3O)c(=O)n2[C@H]1c1ccccc1. The van der Waals surface area contributed by atoms with Crippen LogP contribution in [0.2, 0.25) is 0 Å². The number of aromatic hydroxyl groups is 1. The van der Waals surface area contributed by atoms with Gasteiger partial charge in [0.2, 0.25) is 0 Å². The Kier molecular flexibility index (Phi) is 7.04. The number of nitrogens with zero attached hydrogens (tertiary/aromatic N) is 2. The first-order valence-electron chi connectivity index (χ1n) is 10.8. The van der Waals surface area contributed by atoms with E-state index in [4.69, 9.17) is 9.47 Å². The number of hydrogen-bond acceptors (Lipinski definition) is 7. The van der Waals surface area contributed by atoms with E-state index >= 15 is 0 Å². The number of thiazole rings is 1. The Labute approximate surface area is 208 Å². The van der Waals surface area contributed by atoms with Crippen LogP contribution in [0.15, 0.2) is 68.0 Å². The molecule has 3 aromatic rings. The maximum absolute atomic E-state index is 13.6. The smallest absolute Gasteiger partial charge is 0.338 e. The van der Waals surface area contributed by atoms with Gasteiger partial charge in [0.25, 0.3) is 5.56 Å². The van der Waals surface area contributed by atoms with Crippen molar-refractivity contribution in [2.45, 2.75) is 26.8 Å². The number of phenolic OH excluding ortho intramolecular Hbond substituents is 1. The predicted octanol–water partition coefficient (Wildman–Crippen LogP) is 3.67. The molecule has 0 fully saturated rings. The average molecular weight is 543 g/mol. The number of phenols is 1. The Bertz CT molecular complexity index is 1460. The van der Waals surface area contributed by atoms with Crippen LogP contribution in [0.3, 0.4) is 0 Å². The summed E-state index contributed by atoms with van der Waals surface area (Å²) >= 11 is 4.62. The Balaban J connectivity index is 1.95. The lowest BCUT2D eigenvalue weighted by Gasteiger charge is -2.24. The fourth-order valence-corrected chi connectivity index (χ4v) is 5.35. The molecule has 1 aromatic heterocycles. The maximum Gasteiger partial charge on any atom is 0.338 e. The summed E-state index contributed by atoms with van der Waals surface area (Å²) < 4.78 is 13.4. The number of fused-ring (bicyclic) bond motifs is 1. The molecule has 0 aliphatic carbocycles. The zero-order valence-corrected chi connectivity index (χ0v) is 21.3. The van der Waals surface area contributed by atoms with Gasteiger partial charge in [0, 0.05) is 10.0 Å². The second-order valence-corrected chi connectivity index (χ2v) is 9.41. The molecule has 0 amide bonds. The fourth-order valence-electron chi connectivity index (χ4n) is 3.85. The van der Waals surface area contributed by atoms with Crippen molar-refractivity contribution in [1.29, 1.82) is 0 Å². The lowest BCUT2D eigenvalue weighted by molar-refractivity contribution is -0.139. The van der Waals surface area contributed by atoms with Crippen LogP contribution in [0.25, 0.3) is 6.08 Å². The van der Waals surface area contributed by atoms with Crippen LogP contribution in [-0.2, 0) is 9.53 Å². The van der Waals surface area contributed by atoms with Crippen LogP contribution in [0.4, 0.5) is 0 Å². The second kappa shape index (κ2) is 9.99. The van der Waals surface area contributed by atoms with Crippen LogP contribution < -0.4 is 19.6 Å². The van der Waals surface area contributed by atoms with Gasteiger partial charge in [-0.25, -0.2) is 9.79 Å². The van der Waals surface area contributed by atoms with E-state index in [9.17, 15) is 14.7 Å². The van der Waals surface area contributed by atoms with E-state index in [0.29, 0.717) is 43.0 Å². The van der Waals surface area contributed by atoms with E-state index in [2.05, 4.69) is 20.9 Å². The molecule has 176 valence electrons. The summed E-state index contributed by atoms with van der Waals surface area (Å²) in [5.41, 5.74) is 1.72. The molecular weight excluding hydrogens is 520 g/mol. The first-order valence-corrected chi connectivity index (χ1v) is 12.4. The van der Waals surface area contributed by atoms with Gasteiger partial charge >= 0.3 is 5.97 Å². The van der Waals surface area contributed by atoms with Crippen LogP contribution >= 0.6 is 27.3 Å². The molecule has 2 heterocycles. The van der Waals surface area contributed by atoms with Crippen LogP contribution in [0, 0.1) is 0 Å². The highest BCUT2D eigenvalue weighted by Crippen LogP contribution is 2.34. The molecule has 0 spiro atoms. The third-order valence-electron chi connectivity index (χ3n) is 5.29. The Morgan fingerprint density at radius 1 is 1.24 bits per heavy atom. The van der Waals surface area contributed by atoms with Gasteiger partial charge in [0.1, 0.15) is 0 Å². The molecule has 0 unspecified atom stereocenters. The summed E-state index contributed by atoms with van der Waals surface area (Å²) in [6.07, 6.45) is 1.61. The Morgan fingerprint density at radius 2 is 1.97 bits per heavy atom. The molecule has 0 radical (unpaired) electrons. The highest BCUT2D eigenvalue weighted by molar-refractivity contribution is 9.10. The lowest BCUT2D eigenvalue weighted by atomic mass is 9.96. The van der Waals surface area contributed by atoms with Crippen LogP contribution in [0.5, 0.6) is 11.5 Å². The van der Waals surface area contributed by atoms with E-state index in [1.54, 1.807) is 32.1 Å². The van der Waals surface area contributed by atoms with Gasteiger partial charge in [-0.05, 0) is 44.5 Å². The molecule has 1 N–H and O–H groups in total. The number of aromatic nitrogens is 1. The molecule has 1 atom stereocenters. The minimum absolute atomic E-state index is 0.0566. The molecule has 1 aliphatic rings. The van der Waals surface area contributed by atoms with E-state index < -0.39 is 12.0 Å². The largest absolute Gasteiger partial charge is 0.504 e. The molecule has 1 aliphatic heterocycles. The maximum atomic E-state index is 13.6. The van der Waals surface area contributed by atoms with Crippen molar-refractivity contribution < 1.29 is 19.4 Å². The normalized spacial score (nSPS) is 15.6. The number of halogens is 1. The summed E-state index contributed by atoms with van der Waals surface area (Å²) in [7, 11) is 0. The third-order valence-corrected chi connectivity index (χ3v) is 6.73. The Morgan fingerprint density at radius 3 is 2.65 bits per heavy atom. The molecule has 9 heteroatoms. The highest BCUT2D eigenvalue weighted by Gasteiger charge is 2.33. The fraction of sp³-hybridized carbons (Fsp3) is 0.240. The lowest BCUT2D eigenvalue weighted by Crippen LogP contribution is -2.39. The number of ether oxygens (including phenoxy) is 2. The second-order valence-electron chi connectivity index (χ2n) is 7.49. The zero-order chi connectivity index (χ0) is 24.4. The molecule has 2 aromatic carbocycles. The van der Waals surface area contributed by atoms with Gasteiger partial charge in [-0.1, -0.05) is 57.6 Å². The number of esters is 1. The first-order chi connectivity index (χ1) is 16.3. The van der Waals surface area contributed by atoms with Crippen molar-refractivity contribution >= 4 is 39.3 Å². The van der Waals surface area contributed by atoms with E-state index in [1.165, 1.54) is 15.9 Å². The molecular formula is C25H23BrN2O5S. The third kappa shape index (κ3) is 4.45. The van der Waals surface area contributed by atoms with Gasteiger partial charge in [-0.15, -0.1) is 0 Å². The summed E-state index contributed by atoms with van der Waals surface area (Å²) in [6, 6.07) is 12.0. The van der Waals surface area contributed by atoms with Crippen molar-refractivity contribution in [2.24, 2.45) is 4.99 Å². The monoisotopic (exact) mass is 542 g/mol. The topological polar surface area (TPSA) is 90.1 Å². The Hall–Kier alpha value is -3.17. The molecule has 0 bridgehead atoms. The average Bonchev–Trinajstić information content (AvgIpc) is 3.11. The van der Waals surface area contributed by atoms with E-state index in [-0.39, 0.29) is 17.9 Å².